The lowest BCUT2D eigenvalue weighted by atomic mass is 10.2. The molecule has 2 heterocycles. The summed E-state index contributed by atoms with van der Waals surface area (Å²) in [5, 5.41) is 12.8. The summed E-state index contributed by atoms with van der Waals surface area (Å²) in [5.41, 5.74) is 2.63. The number of aryl methyl sites for hydroxylation is 2. The van der Waals surface area contributed by atoms with E-state index in [1.807, 2.05) is 24.6 Å². The van der Waals surface area contributed by atoms with Gasteiger partial charge in [-0.2, -0.15) is 0 Å². The largest absolute Gasteiger partial charge is 0.390 e. The summed E-state index contributed by atoms with van der Waals surface area (Å²) in [7, 11) is 0. The summed E-state index contributed by atoms with van der Waals surface area (Å²) >= 11 is 0. The van der Waals surface area contributed by atoms with Gasteiger partial charge in [-0.3, -0.25) is 0 Å². The van der Waals surface area contributed by atoms with Crippen molar-refractivity contribution >= 4 is 0 Å². The van der Waals surface area contributed by atoms with Gasteiger partial charge < -0.3 is 14.2 Å². The van der Waals surface area contributed by atoms with E-state index in [1.165, 1.54) is 0 Å². The van der Waals surface area contributed by atoms with Gasteiger partial charge in [0.05, 0.1) is 30.9 Å². The zero-order chi connectivity index (χ0) is 10.8. The minimum atomic E-state index is -0.0331. The number of hydrogen-bond acceptors (Lipinski definition) is 4. The Morgan fingerprint density at radius 3 is 2.80 bits per heavy atom. The second-order valence-corrected chi connectivity index (χ2v) is 3.50. The van der Waals surface area contributed by atoms with Crippen LogP contribution < -0.4 is 0 Å². The molecular weight excluding hydrogens is 194 g/mol. The molecule has 0 amide bonds. The van der Waals surface area contributed by atoms with Crippen LogP contribution in [0.15, 0.2) is 17.0 Å². The molecule has 0 saturated heterocycles. The third-order valence-corrected chi connectivity index (χ3v) is 2.37. The van der Waals surface area contributed by atoms with E-state index in [2.05, 4.69) is 10.1 Å². The van der Waals surface area contributed by atoms with Crippen molar-refractivity contribution in [3.05, 3.63) is 35.2 Å². The maximum atomic E-state index is 8.88. The first kappa shape index (κ1) is 9.92. The van der Waals surface area contributed by atoms with E-state index >= 15 is 0 Å². The van der Waals surface area contributed by atoms with Gasteiger partial charge in [0.25, 0.3) is 0 Å². The van der Waals surface area contributed by atoms with E-state index in [0.29, 0.717) is 12.2 Å². The number of aromatic nitrogens is 3. The smallest absolute Gasteiger partial charge is 0.138 e. The molecule has 5 nitrogen and oxygen atoms in total. The number of hydrogen-bond donors (Lipinski definition) is 1. The van der Waals surface area contributed by atoms with Crippen LogP contribution in [0.3, 0.4) is 0 Å². The molecule has 2 aromatic heterocycles. The van der Waals surface area contributed by atoms with Gasteiger partial charge in [-0.1, -0.05) is 5.16 Å². The fourth-order valence-corrected chi connectivity index (χ4v) is 1.48. The Hall–Kier alpha value is -1.62. The molecule has 0 radical (unpaired) electrons. The molecule has 0 aromatic carbocycles. The molecule has 2 rings (SSSR count). The monoisotopic (exact) mass is 207 g/mol. The predicted molar refractivity (Wildman–Crippen MR) is 53.2 cm³/mol. The van der Waals surface area contributed by atoms with Gasteiger partial charge >= 0.3 is 0 Å². The molecule has 0 bridgehead atoms. The van der Waals surface area contributed by atoms with E-state index < -0.39 is 0 Å². The van der Waals surface area contributed by atoms with Crippen molar-refractivity contribution in [3.8, 4) is 0 Å². The molecule has 0 aliphatic heterocycles. The Morgan fingerprint density at radius 2 is 2.27 bits per heavy atom. The summed E-state index contributed by atoms with van der Waals surface area (Å²) < 4.78 is 6.97. The van der Waals surface area contributed by atoms with E-state index in [0.717, 1.165) is 17.0 Å². The first-order valence-electron chi connectivity index (χ1n) is 4.74. The lowest BCUT2D eigenvalue weighted by Crippen LogP contribution is -1.98. The summed E-state index contributed by atoms with van der Waals surface area (Å²) in [6, 6.07) is 0. The molecule has 0 atom stereocenters. The molecule has 80 valence electrons. The van der Waals surface area contributed by atoms with Crippen LogP contribution in [0, 0.1) is 13.8 Å². The molecule has 2 aromatic rings. The average Bonchev–Trinajstić information content (AvgIpc) is 2.80. The molecule has 0 saturated carbocycles. The van der Waals surface area contributed by atoms with Crippen LogP contribution in [0.1, 0.15) is 22.7 Å². The molecule has 0 fully saturated rings. The van der Waals surface area contributed by atoms with Crippen molar-refractivity contribution < 1.29 is 9.63 Å². The van der Waals surface area contributed by atoms with Crippen molar-refractivity contribution in [1.29, 1.82) is 0 Å². The quantitative estimate of drug-likeness (QED) is 0.816. The zero-order valence-corrected chi connectivity index (χ0v) is 8.77. The molecule has 0 aliphatic carbocycles. The van der Waals surface area contributed by atoms with Crippen LogP contribution in [-0.2, 0) is 13.2 Å². The molecular formula is C10H13N3O2. The molecule has 0 spiro atoms. The number of aliphatic hydroxyl groups excluding tert-OH is 1. The lowest BCUT2D eigenvalue weighted by molar-refractivity contribution is 0.277. The van der Waals surface area contributed by atoms with Crippen molar-refractivity contribution in [2.45, 2.75) is 27.0 Å². The maximum absolute atomic E-state index is 8.88. The normalized spacial score (nSPS) is 10.9. The van der Waals surface area contributed by atoms with Crippen molar-refractivity contribution in [2.24, 2.45) is 0 Å². The van der Waals surface area contributed by atoms with Gasteiger partial charge in [-0.25, -0.2) is 4.98 Å². The number of rotatable bonds is 3. The first-order valence-corrected chi connectivity index (χ1v) is 4.74. The van der Waals surface area contributed by atoms with Gasteiger partial charge in [0, 0.05) is 11.8 Å². The third-order valence-electron chi connectivity index (χ3n) is 2.37. The Bertz CT molecular complexity index is 439. The first-order chi connectivity index (χ1) is 7.20. The van der Waals surface area contributed by atoms with Gasteiger partial charge in [0.2, 0.25) is 0 Å². The van der Waals surface area contributed by atoms with E-state index in [1.54, 1.807) is 6.33 Å². The second kappa shape index (κ2) is 3.86. The maximum Gasteiger partial charge on any atom is 0.138 e. The SMILES string of the molecule is Cc1noc(C)c1Cn1cnc(CO)c1. The topological polar surface area (TPSA) is 64.1 Å². The summed E-state index contributed by atoms with van der Waals surface area (Å²) in [6.07, 6.45) is 3.50. The third kappa shape index (κ3) is 1.92. The van der Waals surface area contributed by atoms with E-state index in [-0.39, 0.29) is 6.61 Å². The molecule has 5 heteroatoms. The van der Waals surface area contributed by atoms with Crippen molar-refractivity contribution in [2.75, 3.05) is 0 Å². The van der Waals surface area contributed by atoms with E-state index in [4.69, 9.17) is 9.63 Å². The van der Waals surface area contributed by atoms with Crippen LogP contribution in [0.5, 0.6) is 0 Å². The van der Waals surface area contributed by atoms with Crippen LogP contribution in [0.2, 0.25) is 0 Å². The number of imidazole rings is 1. The minimum Gasteiger partial charge on any atom is -0.390 e. The minimum absolute atomic E-state index is 0.0331. The van der Waals surface area contributed by atoms with Gasteiger partial charge in [-0.15, -0.1) is 0 Å². The van der Waals surface area contributed by atoms with Crippen molar-refractivity contribution in [3.63, 3.8) is 0 Å². The van der Waals surface area contributed by atoms with Crippen LogP contribution in [0.4, 0.5) is 0 Å². The number of aliphatic hydroxyl groups is 1. The molecule has 1 N–H and O–H groups in total. The second-order valence-electron chi connectivity index (χ2n) is 3.50. The highest BCUT2D eigenvalue weighted by Gasteiger charge is 2.09. The summed E-state index contributed by atoms with van der Waals surface area (Å²) in [6.45, 7) is 4.44. The fourth-order valence-electron chi connectivity index (χ4n) is 1.48. The Balaban J connectivity index is 2.21. The molecule has 15 heavy (non-hydrogen) atoms. The van der Waals surface area contributed by atoms with Gasteiger partial charge in [-0.05, 0) is 13.8 Å². The lowest BCUT2D eigenvalue weighted by Gasteiger charge is -2.00. The average molecular weight is 207 g/mol. The Morgan fingerprint density at radius 1 is 1.47 bits per heavy atom. The van der Waals surface area contributed by atoms with Gasteiger partial charge in [0.1, 0.15) is 5.76 Å². The predicted octanol–water partition coefficient (Wildman–Crippen LogP) is 1.03. The zero-order valence-electron chi connectivity index (χ0n) is 8.77. The highest BCUT2D eigenvalue weighted by atomic mass is 16.5. The highest BCUT2D eigenvalue weighted by molar-refractivity contribution is 5.21. The highest BCUT2D eigenvalue weighted by Crippen LogP contribution is 2.13. The van der Waals surface area contributed by atoms with Crippen LogP contribution in [0.25, 0.3) is 0 Å². The van der Waals surface area contributed by atoms with Gasteiger partial charge in [0.15, 0.2) is 0 Å². The number of nitrogens with zero attached hydrogens (tertiary/aromatic N) is 3. The Kier molecular flexibility index (Phi) is 2.55. The van der Waals surface area contributed by atoms with Crippen LogP contribution in [-0.4, -0.2) is 19.8 Å². The Labute approximate surface area is 87.3 Å². The van der Waals surface area contributed by atoms with Crippen molar-refractivity contribution in [1.82, 2.24) is 14.7 Å². The molecule has 0 aliphatic rings. The summed E-state index contributed by atoms with van der Waals surface area (Å²) in [5.74, 6) is 0.826. The standard InChI is InChI=1S/C10H13N3O2/c1-7-10(8(2)15-12-7)4-13-3-9(5-14)11-6-13/h3,6,14H,4-5H2,1-2H3. The fraction of sp³-hybridized carbons (Fsp3) is 0.400. The van der Waals surface area contributed by atoms with E-state index in [9.17, 15) is 0 Å². The van der Waals surface area contributed by atoms with Crippen LogP contribution >= 0.6 is 0 Å². The summed E-state index contributed by atoms with van der Waals surface area (Å²) in [4.78, 5) is 4.04. The molecule has 0 unspecified atom stereocenters.